The maximum atomic E-state index is 5.01. The fraction of sp³-hybridized carbons (Fsp3) is 0. The molecule has 0 aliphatic rings. The maximum absolute atomic E-state index is 5.01. The summed E-state index contributed by atoms with van der Waals surface area (Å²) in [5.41, 5.74) is 38.2. The fourth-order valence-electron chi connectivity index (χ4n) is 15.4. The number of benzene rings is 12. The van der Waals surface area contributed by atoms with E-state index in [4.69, 9.17) is 19.9 Å². The van der Waals surface area contributed by atoms with Crippen molar-refractivity contribution in [3.63, 3.8) is 0 Å². The molecule has 0 aliphatic heterocycles. The number of rotatable bonds is 18. The molecule has 0 saturated carbocycles. The van der Waals surface area contributed by atoms with Gasteiger partial charge in [0.1, 0.15) is 12.7 Å². The molecule has 0 aliphatic carbocycles. The third kappa shape index (κ3) is 16.8. The molecule has 10 nitrogen and oxygen atoms in total. The Morgan fingerprint density at radius 1 is 0.108 bits per heavy atom. The fourth-order valence-corrected chi connectivity index (χ4v) is 15.4. The highest BCUT2D eigenvalue weighted by Crippen LogP contribution is 2.41. The SMILES string of the molecule is c1ccc(-c2cc(-c3cccc(-c4cccc(-c5cccc(-c6ccncc6)n5)c4)c3)cc(-c3cccc(-c4cccc(-c5cccc(-c6ccncc6)n5)c4)c3)c2)cc1.c1ccc(-c2cc(-c3cccc(-c4cccc(-c5cccc(-c6cncnc6)n5)c4)c3)cc(-c3cccc(-c4cccc(-c5cccc(-c6cncnc6)n5)c4)c3)c2)cc1. The molecule has 12 aromatic carbocycles. The standard InChI is InChI=1S/C56H38N4.C54H36N6/c1-2-10-39(11-3-1)50-36-51(46-16-4-12-42(32-46)44-14-6-18-48(34-44)55-22-8-20-53(59-55)40-24-28-57-29-25-40)38-52(37-50)47-17-5-13-43(33-47)45-15-7-19-49(35-45)56-23-9-21-54(60-56)41-26-30-58-31-27-41;1-2-10-37(11-3-1)46-28-47(42-16-4-12-38(24-42)40-14-6-18-44(26-40)51-20-8-22-53(59-51)49-31-55-35-56-32-49)30-48(29-46)43-17-5-13-39(25-43)41-15-7-19-45(27-41)52-21-9-23-54(60-52)50-33-57-36-58-34-50/h1-38H;1-36H. The van der Waals surface area contributed by atoms with Gasteiger partial charge in [-0.25, -0.2) is 39.9 Å². The highest BCUT2D eigenvalue weighted by molar-refractivity contribution is 5.89. The summed E-state index contributed by atoms with van der Waals surface area (Å²) in [6, 6.07) is 137. The Labute approximate surface area is 697 Å². The molecular formula is C110H74N10. The molecular weight excluding hydrogens is 1460 g/mol. The van der Waals surface area contributed by atoms with Crippen molar-refractivity contribution in [2.45, 2.75) is 0 Å². The number of pyridine rings is 6. The lowest BCUT2D eigenvalue weighted by atomic mass is 9.91. The summed E-state index contributed by atoms with van der Waals surface area (Å²) in [6.07, 6.45) is 17.4. The lowest BCUT2D eigenvalue weighted by molar-refractivity contribution is 1.16. The third-order valence-electron chi connectivity index (χ3n) is 21.5. The van der Waals surface area contributed by atoms with Crippen molar-refractivity contribution in [1.29, 1.82) is 0 Å². The van der Waals surface area contributed by atoms with Crippen molar-refractivity contribution < 1.29 is 0 Å². The zero-order chi connectivity index (χ0) is 80.2. The summed E-state index contributed by atoms with van der Waals surface area (Å²) in [5.74, 6) is 0. The van der Waals surface area contributed by atoms with Crippen LogP contribution in [-0.2, 0) is 0 Å². The van der Waals surface area contributed by atoms with Crippen LogP contribution < -0.4 is 0 Å². The molecule has 564 valence electrons. The first kappa shape index (κ1) is 73.8. The molecule has 0 saturated heterocycles. The second kappa shape index (κ2) is 34.4. The Morgan fingerprint density at radius 3 is 0.517 bits per heavy atom. The van der Waals surface area contributed by atoms with Gasteiger partial charge in [-0.1, -0.05) is 231 Å². The number of aromatic nitrogens is 10. The minimum Gasteiger partial charge on any atom is -0.265 e. The van der Waals surface area contributed by atoms with Crippen LogP contribution in [0, 0.1) is 0 Å². The molecule has 10 heteroatoms. The zero-order valence-electron chi connectivity index (χ0n) is 65.2. The van der Waals surface area contributed by atoms with Gasteiger partial charge in [-0.15, -0.1) is 0 Å². The van der Waals surface area contributed by atoms with Crippen molar-refractivity contribution in [3.8, 4) is 201 Å². The smallest absolute Gasteiger partial charge is 0.115 e. The van der Waals surface area contributed by atoms with Crippen LogP contribution in [0.25, 0.3) is 201 Å². The summed E-state index contributed by atoms with van der Waals surface area (Å²) in [7, 11) is 0. The van der Waals surface area contributed by atoms with Crippen LogP contribution in [0.5, 0.6) is 0 Å². The molecule has 0 fully saturated rings. The predicted molar refractivity (Wildman–Crippen MR) is 489 cm³/mol. The molecule has 120 heavy (non-hydrogen) atoms. The van der Waals surface area contributed by atoms with Crippen LogP contribution in [-0.4, -0.2) is 49.8 Å². The Bertz CT molecular complexity index is 6230. The maximum Gasteiger partial charge on any atom is 0.115 e. The summed E-state index contributed by atoms with van der Waals surface area (Å²) in [6.45, 7) is 0. The van der Waals surface area contributed by atoms with Gasteiger partial charge in [0.15, 0.2) is 0 Å². The van der Waals surface area contributed by atoms with Crippen molar-refractivity contribution >= 4 is 0 Å². The molecule has 8 heterocycles. The number of hydrogen-bond acceptors (Lipinski definition) is 10. The minimum absolute atomic E-state index is 0.840. The second-order valence-electron chi connectivity index (χ2n) is 29.3. The predicted octanol–water partition coefficient (Wildman–Crippen LogP) is 27.3. The molecule has 0 spiro atoms. The molecule has 20 rings (SSSR count). The normalized spacial score (nSPS) is 11.0. The quantitative estimate of drug-likeness (QED) is 0.0819. The van der Waals surface area contributed by atoms with Gasteiger partial charge >= 0.3 is 0 Å². The molecule has 0 radical (unpaired) electrons. The first-order chi connectivity index (χ1) is 59.4. The van der Waals surface area contributed by atoms with Crippen LogP contribution in [0.4, 0.5) is 0 Å². The molecule has 8 aromatic heterocycles. The summed E-state index contributed by atoms with van der Waals surface area (Å²) in [4.78, 5) is 45.0. The van der Waals surface area contributed by atoms with Gasteiger partial charge in [-0.3, -0.25) is 9.97 Å². The molecule has 0 bridgehead atoms. The van der Waals surface area contributed by atoms with Crippen LogP contribution >= 0.6 is 0 Å². The Kier molecular flexibility index (Phi) is 21.2. The van der Waals surface area contributed by atoms with E-state index < -0.39 is 0 Å². The van der Waals surface area contributed by atoms with Crippen molar-refractivity contribution in [1.82, 2.24) is 49.8 Å². The summed E-state index contributed by atoms with van der Waals surface area (Å²) in [5, 5.41) is 0. The Balaban J connectivity index is 0.000000159. The first-order valence-corrected chi connectivity index (χ1v) is 39.9. The second-order valence-corrected chi connectivity index (χ2v) is 29.3. The van der Waals surface area contributed by atoms with E-state index in [2.05, 4.69) is 345 Å². The lowest BCUT2D eigenvalue weighted by Gasteiger charge is -2.14. The highest BCUT2D eigenvalue weighted by Gasteiger charge is 2.17. The van der Waals surface area contributed by atoms with Crippen LogP contribution in [0.1, 0.15) is 0 Å². The molecule has 0 N–H and O–H groups in total. The van der Waals surface area contributed by atoms with Crippen LogP contribution in [0.15, 0.2) is 450 Å². The number of hydrogen-bond donors (Lipinski definition) is 0. The van der Waals surface area contributed by atoms with E-state index in [1.807, 2.05) is 72.8 Å². The summed E-state index contributed by atoms with van der Waals surface area (Å²) >= 11 is 0. The summed E-state index contributed by atoms with van der Waals surface area (Å²) < 4.78 is 0. The van der Waals surface area contributed by atoms with E-state index in [9.17, 15) is 0 Å². The lowest BCUT2D eigenvalue weighted by Crippen LogP contribution is -1.90. The van der Waals surface area contributed by atoms with E-state index in [0.717, 1.165) is 185 Å². The van der Waals surface area contributed by atoms with Gasteiger partial charge in [-0.2, -0.15) is 0 Å². The van der Waals surface area contributed by atoms with E-state index in [0.29, 0.717) is 0 Å². The first-order valence-electron chi connectivity index (χ1n) is 39.9. The molecule has 0 unspecified atom stereocenters. The van der Waals surface area contributed by atoms with Crippen molar-refractivity contribution in [3.05, 3.63) is 450 Å². The van der Waals surface area contributed by atoms with Gasteiger partial charge < -0.3 is 0 Å². The van der Waals surface area contributed by atoms with Gasteiger partial charge in [0.2, 0.25) is 0 Å². The van der Waals surface area contributed by atoms with E-state index in [1.165, 1.54) is 29.3 Å². The average Bonchev–Trinajstić information content (AvgIpc) is 0.799. The topological polar surface area (TPSA) is 129 Å². The zero-order valence-corrected chi connectivity index (χ0v) is 65.2. The average molecular weight is 1540 g/mol. The van der Waals surface area contributed by atoms with Gasteiger partial charge in [0.05, 0.1) is 45.6 Å². The Hall–Kier alpha value is -16.3. The van der Waals surface area contributed by atoms with Gasteiger partial charge in [-0.05, 0) is 269 Å². The Morgan fingerprint density at radius 2 is 0.275 bits per heavy atom. The largest absolute Gasteiger partial charge is 0.265 e. The molecule has 0 atom stereocenters. The van der Waals surface area contributed by atoms with Gasteiger partial charge in [0, 0.05) is 94.1 Å². The molecule has 20 aromatic rings. The van der Waals surface area contributed by atoms with Crippen molar-refractivity contribution in [2.24, 2.45) is 0 Å². The van der Waals surface area contributed by atoms with E-state index in [1.54, 1.807) is 49.6 Å². The monoisotopic (exact) mass is 1530 g/mol. The van der Waals surface area contributed by atoms with E-state index >= 15 is 0 Å². The van der Waals surface area contributed by atoms with Crippen molar-refractivity contribution in [2.75, 3.05) is 0 Å². The van der Waals surface area contributed by atoms with Gasteiger partial charge in [0.25, 0.3) is 0 Å². The number of nitrogens with zero attached hydrogens (tertiary/aromatic N) is 10. The van der Waals surface area contributed by atoms with E-state index in [-0.39, 0.29) is 0 Å². The minimum atomic E-state index is 0.840. The highest BCUT2D eigenvalue weighted by atomic mass is 14.8. The van der Waals surface area contributed by atoms with Crippen LogP contribution in [0.3, 0.4) is 0 Å². The van der Waals surface area contributed by atoms with Crippen LogP contribution in [0.2, 0.25) is 0 Å². The molecule has 0 amide bonds. The third-order valence-corrected chi connectivity index (χ3v) is 21.5.